The molecule has 80 valence electrons. The molecule has 0 bridgehead atoms. The van der Waals surface area contributed by atoms with Gasteiger partial charge in [-0.1, -0.05) is 6.08 Å². The number of amides is 1. The third kappa shape index (κ3) is 3.30. The van der Waals surface area contributed by atoms with Gasteiger partial charge in [-0.05, 0) is 12.1 Å². The van der Waals surface area contributed by atoms with Gasteiger partial charge < -0.3 is 14.8 Å². The van der Waals surface area contributed by atoms with Crippen LogP contribution in [0.2, 0.25) is 0 Å². The van der Waals surface area contributed by atoms with E-state index in [0.29, 0.717) is 5.76 Å². The van der Waals surface area contributed by atoms with Crippen LogP contribution < -0.4 is 5.32 Å². The smallest absolute Gasteiger partial charge is 0.371 e. The molecule has 0 fully saturated rings. The first-order valence-corrected chi connectivity index (χ1v) is 4.33. The Morgan fingerprint density at radius 1 is 1.53 bits per heavy atom. The molecule has 1 rings (SSSR count). The van der Waals surface area contributed by atoms with Crippen molar-refractivity contribution in [1.82, 2.24) is 5.32 Å². The van der Waals surface area contributed by atoms with Gasteiger partial charge in [0.25, 0.3) is 0 Å². The first kappa shape index (κ1) is 11.0. The summed E-state index contributed by atoms with van der Waals surface area (Å²) in [6.07, 6.45) is 1.71. The Labute approximate surface area is 86.4 Å². The van der Waals surface area contributed by atoms with Crippen LogP contribution in [0.5, 0.6) is 0 Å². The number of nitrogens with one attached hydrogen (secondary N) is 1. The van der Waals surface area contributed by atoms with Crippen molar-refractivity contribution in [1.29, 1.82) is 0 Å². The quantitative estimate of drug-likeness (QED) is 0.713. The van der Waals surface area contributed by atoms with Gasteiger partial charge in [0, 0.05) is 6.42 Å². The van der Waals surface area contributed by atoms with Gasteiger partial charge in [0.05, 0.1) is 6.54 Å². The molecule has 0 aliphatic heterocycles. The van der Waals surface area contributed by atoms with E-state index in [1.807, 2.05) is 0 Å². The molecule has 0 saturated heterocycles. The Hall–Kier alpha value is -2.04. The number of aromatic carboxylic acids is 1. The lowest BCUT2D eigenvalue weighted by atomic mass is 10.3. The van der Waals surface area contributed by atoms with Crippen molar-refractivity contribution < 1.29 is 19.1 Å². The normalized spacial score (nSPS) is 9.60. The molecule has 0 aliphatic carbocycles. The summed E-state index contributed by atoms with van der Waals surface area (Å²) in [5.41, 5.74) is 0. The SMILES string of the molecule is C=CCC(=O)NCc1ccc(C(=O)O)o1. The second-order valence-corrected chi connectivity index (χ2v) is 2.84. The number of carbonyl (C=O) groups is 2. The van der Waals surface area contributed by atoms with Gasteiger partial charge in [0.2, 0.25) is 11.7 Å². The van der Waals surface area contributed by atoms with Gasteiger partial charge in [-0.3, -0.25) is 4.79 Å². The molecule has 1 aromatic rings. The first-order chi connectivity index (χ1) is 7.13. The van der Waals surface area contributed by atoms with Crippen molar-refractivity contribution in [3.63, 3.8) is 0 Å². The lowest BCUT2D eigenvalue weighted by Crippen LogP contribution is -2.21. The summed E-state index contributed by atoms with van der Waals surface area (Å²) in [5, 5.41) is 11.1. The molecular formula is C10H11NO4. The molecule has 1 amide bonds. The maximum Gasteiger partial charge on any atom is 0.371 e. The summed E-state index contributed by atoms with van der Waals surface area (Å²) in [4.78, 5) is 21.5. The average Bonchev–Trinajstić information content (AvgIpc) is 2.63. The highest BCUT2D eigenvalue weighted by Crippen LogP contribution is 2.07. The first-order valence-electron chi connectivity index (χ1n) is 4.33. The van der Waals surface area contributed by atoms with Crippen LogP contribution in [-0.4, -0.2) is 17.0 Å². The topological polar surface area (TPSA) is 79.5 Å². The Bertz CT molecular complexity index is 381. The van der Waals surface area contributed by atoms with Gasteiger partial charge in [-0.2, -0.15) is 0 Å². The highest BCUT2D eigenvalue weighted by atomic mass is 16.4. The largest absolute Gasteiger partial charge is 0.475 e. The fourth-order valence-electron chi connectivity index (χ4n) is 0.977. The summed E-state index contributed by atoms with van der Waals surface area (Å²) < 4.78 is 4.93. The molecule has 0 aromatic carbocycles. The zero-order chi connectivity index (χ0) is 11.3. The van der Waals surface area contributed by atoms with E-state index in [1.54, 1.807) is 0 Å². The van der Waals surface area contributed by atoms with Gasteiger partial charge >= 0.3 is 5.97 Å². The van der Waals surface area contributed by atoms with Crippen molar-refractivity contribution in [2.75, 3.05) is 0 Å². The van der Waals surface area contributed by atoms with Crippen LogP contribution in [0.4, 0.5) is 0 Å². The minimum atomic E-state index is -1.13. The predicted molar refractivity (Wildman–Crippen MR) is 52.3 cm³/mol. The molecule has 15 heavy (non-hydrogen) atoms. The van der Waals surface area contributed by atoms with Crippen LogP contribution in [-0.2, 0) is 11.3 Å². The van der Waals surface area contributed by atoms with Crippen molar-refractivity contribution in [3.05, 3.63) is 36.3 Å². The summed E-state index contributed by atoms with van der Waals surface area (Å²) >= 11 is 0. The predicted octanol–water partition coefficient (Wildman–Crippen LogP) is 1.17. The number of hydrogen-bond acceptors (Lipinski definition) is 3. The molecule has 0 atom stereocenters. The van der Waals surface area contributed by atoms with Gasteiger partial charge in [0.1, 0.15) is 5.76 Å². The van der Waals surface area contributed by atoms with Gasteiger partial charge in [-0.25, -0.2) is 4.79 Å². The van der Waals surface area contributed by atoms with Gasteiger partial charge in [0.15, 0.2) is 0 Å². The number of hydrogen-bond donors (Lipinski definition) is 2. The van der Waals surface area contributed by atoms with E-state index in [9.17, 15) is 9.59 Å². The fraction of sp³-hybridized carbons (Fsp3) is 0.200. The molecular weight excluding hydrogens is 198 g/mol. The summed E-state index contributed by atoms with van der Waals surface area (Å²) in [5.74, 6) is -1.04. The number of carbonyl (C=O) groups excluding carboxylic acids is 1. The summed E-state index contributed by atoms with van der Waals surface area (Å²) in [6.45, 7) is 3.60. The summed E-state index contributed by atoms with van der Waals surface area (Å²) in [6, 6.07) is 2.86. The van der Waals surface area contributed by atoms with Crippen molar-refractivity contribution in [2.45, 2.75) is 13.0 Å². The number of furan rings is 1. The molecule has 0 unspecified atom stereocenters. The molecule has 1 heterocycles. The average molecular weight is 209 g/mol. The van der Waals surface area contributed by atoms with Crippen LogP contribution in [0.3, 0.4) is 0 Å². The van der Waals surface area contributed by atoms with Crippen LogP contribution >= 0.6 is 0 Å². The molecule has 0 radical (unpaired) electrons. The maximum absolute atomic E-state index is 11.0. The lowest BCUT2D eigenvalue weighted by Gasteiger charge is -1.99. The molecule has 0 spiro atoms. The minimum absolute atomic E-state index is 0.136. The Kier molecular flexibility index (Phi) is 3.68. The van der Waals surface area contributed by atoms with Crippen LogP contribution in [0, 0.1) is 0 Å². The van der Waals surface area contributed by atoms with Crippen molar-refractivity contribution in [2.24, 2.45) is 0 Å². The molecule has 0 aliphatic rings. The molecule has 2 N–H and O–H groups in total. The van der Waals surface area contributed by atoms with Crippen LogP contribution in [0.1, 0.15) is 22.7 Å². The number of rotatable bonds is 5. The van der Waals surface area contributed by atoms with E-state index < -0.39 is 5.97 Å². The lowest BCUT2D eigenvalue weighted by molar-refractivity contribution is -0.120. The Morgan fingerprint density at radius 2 is 2.27 bits per heavy atom. The van der Waals surface area contributed by atoms with E-state index in [-0.39, 0.29) is 24.6 Å². The molecule has 1 aromatic heterocycles. The van der Waals surface area contributed by atoms with E-state index in [4.69, 9.17) is 9.52 Å². The third-order valence-corrected chi connectivity index (χ3v) is 1.66. The number of carboxylic acids is 1. The van der Waals surface area contributed by atoms with E-state index in [0.717, 1.165) is 0 Å². The van der Waals surface area contributed by atoms with Gasteiger partial charge in [-0.15, -0.1) is 6.58 Å². The second-order valence-electron chi connectivity index (χ2n) is 2.84. The highest BCUT2D eigenvalue weighted by molar-refractivity contribution is 5.84. The minimum Gasteiger partial charge on any atom is -0.475 e. The zero-order valence-corrected chi connectivity index (χ0v) is 8.03. The van der Waals surface area contributed by atoms with E-state index in [2.05, 4.69) is 11.9 Å². The zero-order valence-electron chi connectivity index (χ0n) is 8.03. The summed E-state index contributed by atoms with van der Waals surface area (Å²) in [7, 11) is 0. The van der Waals surface area contributed by atoms with Crippen molar-refractivity contribution >= 4 is 11.9 Å². The Morgan fingerprint density at radius 3 is 2.80 bits per heavy atom. The van der Waals surface area contributed by atoms with Crippen LogP contribution in [0.15, 0.2) is 29.2 Å². The Balaban J connectivity index is 2.47. The monoisotopic (exact) mass is 209 g/mol. The van der Waals surface area contributed by atoms with E-state index in [1.165, 1.54) is 18.2 Å². The second kappa shape index (κ2) is 4.99. The molecule has 5 nitrogen and oxygen atoms in total. The van der Waals surface area contributed by atoms with Crippen LogP contribution in [0.25, 0.3) is 0 Å². The standard InChI is InChI=1S/C10H11NO4/c1-2-3-9(12)11-6-7-4-5-8(15-7)10(13)14/h2,4-5H,1,3,6H2,(H,11,12)(H,13,14). The maximum atomic E-state index is 11.0. The fourth-order valence-corrected chi connectivity index (χ4v) is 0.977. The highest BCUT2D eigenvalue weighted by Gasteiger charge is 2.08. The van der Waals surface area contributed by atoms with E-state index >= 15 is 0 Å². The third-order valence-electron chi connectivity index (χ3n) is 1.66. The van der Waals surface area contributed by atoms with Crippen molar-refractivity contribution in [3.8, 4) is 0 Å². The molecule has 0 saturated carbocycles. The number of carboxylic acid groups (broad SMARTS) is 1. The molecule has 5 heteroatoms.